The Morgan fingerprint density at radius 2 is 1.80 bits per heavy atom. The smallest absolute Gasteiger partial charge is 0.106 e. The zero-order valence-corrected chi connectivity index (χ0v) is 10.3. The van der Waals surface area contributed by atoms with Crippen molar-refractivity contribution in [3.63, 3.8) is 0 Å². The van der Waals surface area contributed by atoms with E-state index in [0.717, 1.165) is 0 Å². The monoisotopic (exact) mass is 209 g/mol. The summed E-state index contributed by atoms with van der Waals surface area (Å²) in [6.45, 7) is 9.43. The van der Waals surface area contributed by atoms with Crippen molar-refractivity contribution in [2.75, 3.05) is 0 Å². The first-order chi connectivity index (χ1) is 6.93. The van der Waals surface area contributed by atoms with Crippen LogP contribution >= 0.6 is 0 Å². The van der Waals surface area contributed by atoms with Crippen LogP contribution in [0, 0.1) is 23.2 Å². The van der Waals surface area contributed by atoms with Crippen molar-refractivity contribution >= 4 is 0 Å². The Kier molecular flexibility index (Phi) is 5.93. The minimum atomic E-state index is -0.115. The van der Waals surface area contributed by atoms with Gasteiger partial charge in [-0.25, -0.2) is 4.39 Å². The van der Waals surface area contributed by atoms with E-state index in [1.165, 1.54) is 0 Å². The van der Waals surface area contributed by atoms with Crippen molar-refractivity contribution in [3.05, 3.63) is 23.0 Å². The lowest BCUT2D eigenvalue weighted by atomic mass is 9.95. The summed E-state index contributed by atoms with van der Waals surface area (Å²) in [4.78, 5) is 0. The van der Waals surface area contributed by atoms with Gasteiger partial charge in [-0.15, -0.1) is 0 Å². The number of halogens is 1. The standard InChI is InChI=1S/C13H20FN/c1-6-11(8-15)7-12(9(2)3)13(14)10(4)5/h7,9-10H,6H2,1-5H3/b11-7+,13-12-. The van der Waals surface area contributed by atoms with Gasteiger partial charge in [0.05, 0.1) is 6.07 Å². The predicted molar refractivity (Wildman–Crippen MR) is 61.8 cm³/mol. The molecule has 2 heteroatoms. The number of nitrogens with zero attached hydrogens (tertiary/aromatic N) is 1. The minimum Gasteiger partial charge on any atom is -0.211 e. The van der Waals surface area contributed by atoms with Gasteiger partial charge in [0.15, 0.2) is 0 Å². The second-order valence-electron chi connectivity index (χ2n) is 4.25. The molecule has 0 aliphatic rings. The highest BCUT2D eigenvalue weighted by Gasteiger charge is 2.12. The van der Waals surface area contributed by atoms with Crippen molar-refractivity contribution in [2.24, 2.45) is 11.8 Å². The molecule has 0 aliphatic heterocycles. The van der Waals surface area contributed by atoms with Crippen molar-refractivity contribution in [1.82, 2.24) is 0 Å². The van der Waals surface area contributed by atoms with E-state index >= 15 is 0 Å². The summed E-state index contributed by atoms with van der Waals surface area (Å²) in [6, 6.07) is 2.09. The van der Waals surface area contributed by atoms with E-state index in [1.54, 1.807) is 6.08 Å². The SMILES string of the molecule is CC/C(C#N)=C\C(=C(\F)C(C)C)C(C)C. The molecule has 0 aliphatic carbocycles. The Bertz CT molecular complexity index is 303. The molecule has 0 aromatic carbocycles. The van der Waals surface area contributed by atoms with Crippen LogP contribution in [0.4, 0.5) is 4.39 Å². The van der Waals surface area contributed by atoms with Gasteiger partial charge in [0, 0.05) is 11.5 Å². The molecule has 0 bridgehead atoms. The fourth-order valence-electron chi connectivity index (χ4n) is 1.25. The lowest BCUT2D eigenvalue weighted by Gasteiger charge is -2.12. The van der Waals surface area contributed by atoms with Gasteiger partial charge in [0.2, 0.25) is 0 Å². The fraction of sp³-hybridized carbons (Fsp3) is 0.615. The molecular formula is C13H20FN. The number of nitriles is 1. The van der Waals surface area contributed by atoms with Gasteiger partial charge in [-0.3, -0.25) is 0 Å². The van der Waals surface area contributed by atoms with Crippen molar-refractivity contribution in [2.45, 2.75) is 41.0 Å². The molecule has 0 saturated carbocycles. The van der Waals surface area contributed by atoms with Crippen LogP contribution in [0.3, 0.4) is 0 Å². The number of hydrogen-bond acceptors (Lipinski definition) is 1. The van der Waals surface area contributed by atoms with Crippen LogP contribution in [0.2, 0.25) is 0 Å². The molecule has 0 fully saturated rings. The lowest BCUT2D eigenvalue weighted by Crippen LogP contribution is -2.00. The fourth-order valence-corrected chi connectivity index (χ4v) is 1.25. The van der Waals surface area contributed by atoms with Gasteiger partial charge < -0.3 is 0 Å². The third kappa shape index (κ3) is 4.29. The number of allylic oxidation sites excluding steroid dienone is 4. The van der Waals surface area contributed by atoms with Crippen LogP contribution < -0.4 is 0 Å². The van der Waals surface area contributed by atoms with Crippen molar-refractivity contribution < 1.29 is 4.39 Å². The maximum Gasteiger partial charge on any atom is 0.106 e. The van der Waals surface area contributed by atoms with Gasteiger partial charge in [-0.2, -0.15) is 5.26 Å². The highest BCUT2D eigenvalue weighted by Crippen LogP contribution is 2.25. The van der Waals surface area contributed by atoms with Crippen LogP contribution in [0.1, 0.15) is 41.0 Å². The molecule has 0 rings (SSSR count). The Balaban J connectivity index is 5.28. The summed E-state index contributed by atoms with van der Waals surface area (Å²) in [5.74, 6) is -0.107. The molecule has 0 atom stereocenters. The second kappa shape index (κ2) is 6.40. The van der Waals surface area contributed by atoms with E-state index in [1.807, 2.05) is 34.6 Å². The highest BCUT2D eigenvalue weighted by atomic mass is 19.1. The minimum absolute atomic E-state index is 0.105. The van der Waals surface area contributed by atoms with E-state index in [2.05, 4.69) is 6.07 Å². The molecule has 0 radical (unpaired) electrons. The molecule has 0 spiro atoms. The summed E-state index contributed by atoms with van der Waals surface area (Å²) in [7, 11) is 0. The maximum absolute atomic E-state index is 13.8. The van der Waals surface area contributed by atoms with E-state index in [-0.39, 0.29) is 17.7 Å². The van der Waals surface area contributed by atoms with Crippen LogP contribution in [0.15, 0.2) is 23.0 Å². The van der Waals surface area contributed by atoms with Gasteiger partial charge in [0.25, 0.3) is 0 Å². The molecule has 0 unspecified atom stereocenters. The van der Waals surface area contributed by atoms with E-state index < -0.39 is 0 Å². The summed E-state index contributed by atoms with van der Waals surface area (Å²) < 4.78 is 13.8. The number of hydrogen-bond donors (Lipinski definition) is 0. The quantitative estimate of drug-likeness (QED) is 0.498. The predicted octanol–water partition coefficient (Wildman–Crippen LogP) is 4.38. The summed E-state index contributed by atoms with van der Waals surface area (Å²) in [5.41, 5.74) is 1.29. The van der Waals surface area contributed by atoms with E-state index in [9.17, 15) is 4.39 Å². The molecule has 0 N–H and O–H groups in total. The Morgan fingerprint density at radius 3 is 2.07 bits per heavy atom. The average molecular weight is 209 g/mol. The lowest BCUT2D eigenvalue weighted by molar-refractivity contribution is 0.498. The Hall–Kier alpha value is -1.10. The molecule has 1 nitrogen and oxygen atoms in total. The first kappa shape index (κ1) is 13.9. The number of rotatable bonds is 4. The topological polar surface area (TPSA) is 23.8 Å². The normalized spacial score (nSPS) is 14.2. The zero-order chi connectivity index (χ0) is 12.0. The van der Waals surface area contributed by atoms with E-state index in [4.69, 9.17) is 5.26 Å². The highest BCUT2D eigenvalue weighted by molar-refractivity contribution is 5.34. The van der Waals surface area contributed by atoms with E-state index in [0.29, 0.717) is 17.6 Å². The maximum atomic E-state index is 13.8. The van der Waals surface area contributed by atoms with Crippen LogP contribution in [0.25, 0.3) is 0 Å². The first-order valence-electron chi connectivity index (χ1n) is 5.44. The molecule has 0 heterocycles. The summed E-state index contributed by atoms with van der Waals surface area (Å²) in [5, 5.41) is 8.81. The molecule has 15 heavy (non-hydrogen) atoms. The van der Waals surface area contributed by atoms with Crippen LogP contribution in [0.5, 0.6) is 0 Å². The van der Waals surface area contributed by atoms with Crippen LogP contribution in [-0.2, 0) is 0 Å². The van der Waals surface area contributed by atoms with Crippen LogP contribution in [-0.4, -0.2) is 0 Å². The molecule has 0 aromatic heterocycles. The molecular weight excluding hydrogens is 189 g/mol. The molecule has 0 aromatic rings. The third-order valence-corrected chi connectivity index (χ3v) is 2.26. The van der Waals surface area contributed by atoms with Gasteiger partial charge in [0.1, 0.15) is 5.83 Å². The molecule has 84 valence electrons. The van der Waals surface area contributed by atoms with Gasteiger partial charge in [-0.05, 0) is 24.0 Å². The third-order valence-electron chi connectivity index (χ3n) is 2.26. The average Bonchev–Trinajstić information content (AvgIpc) is 2.18. The Morgan fingerprint density at radius 1 is 1.27 bits per heavy atom. The Labute approximate surface area is 92.3 Å². The van der Waals surface area contributed by atoms with Crippen molar-refractivity contribution in [3.8, 4) is 6.07 Å². The molecule has 0 saturated heterocycles. The summed E-state index contributed by atoms with van der Waals surface area (Å²) in [6.07, 6.45) is 2.35. The summed E-state index contributed by atoms with van der Waals surface area (Å²) >= 11 is 0. The molecule has 0 amide bonds. The largest absolute Gasteiger partial charge is 0.211 e. The zero-order valence-electron chi connectivity index (χ0n) is 10.3. The first-order valence-corrected chi connectivity index (χ1v) is 5.44. The second-order valence-corrected chi connectivity index (χ2v) is 4.25. The van der Waals surface area contributed by atoms with Gasteiger partial charge >= 0.3 is 0 Å². The van der Waals surface area contributed by atoms with Gasteiger partial charge in [-0.1, -0.05) is 34.6 Å². The van der Waals surface area contributed by atoms with Crippen molar-refractivity contribution in [1.29, 1.82) is 5.26 Å².